The minimum absolute atomic E-state index is 0.200. The first-order valence-electron chi connectivity index (χ1n) is 8.60. The minimum Gasteiger partial charge on any atom is -0.468 e. The number of amides is 1. The average molecular weight is 417 g/mol. The van der Waals surface area contributed by atoms with E-state index in [-0.39, 0.29) is 11.3 Å². The molecule has 3 rings (SSSR count). The van der Waals surface area contributed by atoms with Gasteiger partial charge in [-0.3, -0.25) is 14.4 Å². The molecule has 0 spiro atoms. The van der Waals surface area contributed by atoms with Crippen LogP contribution in [0.3, 0.4) is 0 Å². The molecule has 9 nitrogen and oxygen atoms in total. The van der Waals surface area contributed by atoms with Gasteiger partial charge in [0.05, 0.1) is 41.4 Å². The third-order valence-corrected chi connectivity index (χ3v) is 5.25. The van der Waals surface area contributed by atoms with Crippen molar-refractivity contribution in [3.8, 4) is 10.6 Å². The highest BCUT2D eigenvalue weighted by molar-refractivity contribution is 7.15. The highest BCUT2D eigenvalue weighted by Gasteiger charge is 2.27. The second-order valence-corrected chi connectivity index (χ2v) is 7.51. The first kappa shape index (κ1) is 20.5. The maximum Gasteiger partial charge on any atom is 0.325 e. The van der Waals surface area contributed by atoms with Crippen LogP contribution in [0.5, 0.6) is 0 Å². The van der Waals surface area contributed by atoms with E-state index in [1.54, 1.807) is 13.0 Å². The summed E-state index contributed by atoms with van der Waals surface area (Å²) in [5.41, 5.74) is 1.43. The van der Waals surface area contributed by atoms with Crippen molar-refractivity contribution in [1.29, 1.82) is 0 Å². The fourth-order valence-corrected chi connectivity index (χ4v) is 3.60. The average Bonchev–Trinajstić information content (AvgIpc) is 3.31. The van der Waals surface area contributed by atoms with Crippen LogP contribution in [0.2, 0.25) is 0 Å². The fourth-order valence-electron chi connectivity index (χ4n) is 2.77. The fraction of sp³-hybridized carbons (Fsp3) is 0.316. The summed E-state index contributed by atoms with van der Waals surface area (Å²) in [6.07, 6.45) is 0. The Kier molecular flexibility index (Phi) is 5.92. The van der Waals surface area contributed by atoms with Gasteiger partial charge in [-0.2, -0.15) is 0 Å². The van der Waals surface area contributed by atoms with Crippen molar-refractivity contribution in [2.24, 2.45) is 0 Å². The van der Waals surface area contributed by atoms with E-state index in [2.05, 4.69) is 19.6 Å². The molecule has 0 aliphatic carbocycles. The number of rotatable bonds is 6. The summed E-state index contributed by atoms with van der Waals surface area (Å²) in [6.45, 7) is 2.83. The molecule has 3 aromatic heterocycles. The number of esters is 2. The third kappa shape index (κ3) is 4.27. The van der Waals surface area contributed by atoms with Gasteiger partial charge in [0.15, 0.2) is 0 Å². The summed E-state index contributed by atoms with van der Waals surface area (Å²) in [5, 5.41) is 4.33. The van der Waals surface area contributed by atoms with Crippen LogP contribution in [0.25, 0.3) is 21.7 Å². The largest absolute Gasteiger partial charge is 0.468 e. The zero-order valence-electron chi connectivity index (χ0n) is 16.3. The Labute approximate surface area is 170 Å². The minimum atomic E-state index is -0.663. The lowest BCUT2D eigenvalue weighted by molar-refractivity contribution is -0.144. The number of hydrogen-bond acceptors (Lipinski definition) is 9. The molecule has 0 fully saturated rings. The van der Waals surface area contributed by atoms with Crippen molar-refractivity contribution >= 4 is 40.3 Å². The predicted molar refractivity (Wildman–Crippen MR) is 105 cm³/mol. The van der Waals surface area contributed by atoms with Crippen molar-refractivity contribution in [3.63, 3.8) is 0 Å². The Morgan fingerprint density at radius 2 is 1.76 bits per heavy atom. The van der Waals surface area contributed by atoms with Gasteiger partial charge in [-0.1, -0.05) is 5.16 Å². The molecular formula is C19H19N3O6S. The number of aryl methyl sites for hydroxylation is 2. The zero-order valence-corrected chi connectivity index (χ0v) is 17.2. The van der Waals surface area contributed by atoms with Crippen LogP contribution in [-0.4, -0.2) is 60.2 Å². The van der Waals surface area contributed by atoms with Crippen molar-refractivity contribution in [1.82, 2.24) is 15.0 Å². The summed E-state index contributed by atoms with van der Waals surface area (Å²) in [4.78, 5) is 44.3. The lowest BCUT2D eigenvalue weighted by Gasteiger charge is -2.20. The van der Waals surface area contributed by atoms with E-state index in [9.17, 15) is 14.4 Å². The molecule has 0 aromatic carbocycles. The highest BCUT2D eigenvalue weighted by Crippen LogP contribution is 2.31. The van der Waals surface area contributed by atoms with Crippen molar-refractivity contribution in [3.05, 3.63) is 34.3 Å². The monoisotopic (exact) mass is 417 g/mol. The number of pyridine rings is 1. The van der Waals surface area contributed by atoms with Crippen molar-refractivity contribution in [2.45, 2.75) is 13.8 Å². The van der Waals surface area contributed by atoms with Crippen LogP contribution in [0.15, 0.2) is 22.7 Å². The maximum absolute atomic E-state index is 13.3. The lowest BCUT2D eigenvalue weighted by Crippen LogP contribution is -2.40. The molecule has 1 amide bonds. The number of methoxy groups -OCH3 is 2. The van der Waals surface area contributed by atoms with Crippen molar-refractivity contribution < 1.29 is 28.4 Å². The van der Waals surface area contributed by atoms with Crippen molar-refractivity contribution in [2.75, 3.05) is 27.3 Å². The third-order valence-electron chi connectivity index (χ3n) is 4.22. The van der Waals surface area contributed by atoms with E-state index in [0.717, 1.165) is 14.7 Å². The van der Waals surface area contributed by atoms with Gasteiger partial charge in [0.25, 0.3) is 11.6 Å². The molecule has 0 saturated carbocycles. The molecule has 0 unspecified atom stereocenters. The predicted octanol–water partition coefficient (Wildman–Crippen LogP) is 2.36. The van der Waals surface area contributed by atoms with E-state index < -0.39 is 30.9 Å². The SMILES string of the molecule is COC(=O)CN(CC(=O)OC)C(=O)c1cc(-c2ccc(C)s2)nc2onc(C)c12. The molecule has 0 aliphatic heterocycles. The summed E-state index contributed by atoms with van der Waals surface area (Å²) in [6, 6.07) is 5.45. The number of carbonyl (C=O) groups excluding carboxylic acids is 3. The smallest absolute Gasteiger partial charge is 0.325 e. The molecule has 0 radical (unpaired) electrons. The number of thiophene rings is 1. The molecule has 0 atom stereocenters. The molecule has 3 aromatic rings. The van der Waals surface area contributed by atoms with E-state index >= 15 is 0 Å². The Hall–Kier alpha value is -3.27. The highest BCUT2D eigenvalue weighted by atomic mass is 32.1. The summed E-state index contributed by atoms with van der Waals surface area (Å²) in [5.74, 6) is -1.89. The van der Waals surface area contributed by atoms with Gasteiger partial charge in [-0.25, -0.2) is 4.98 Å². The van der Waals surface area contributed by atoms with Gasteiger partial charge in [-0.15, -0.1) is 11.3 Å². The molecule has 0 saturated heterocycles. The van der Waals surface area contributed by atoms with Gasteiger partial charge in [-0.05, 0) is 32.0 Å². The number of carbonyl (C=O) groups is 3. The van der Waals surface area contributed by atoms with Gasteiger partial charge in [0, 0.05) is 4.88 Å². The molecular weight excluding hydrogens is 398 g/mol. The Morgan fingerprint density at radius 1 is 1.10 bits per heavy atom. The summed E-state index contributed by atoms with van der Waals surface area (Å²) < 4.78 is 14.6. The van der Waals surface area contributed by atoms with E-state index in [4.69, 9.17) is 4.52 Å². The Bertz CT molecular complexity index is 1070. The van der Waals surface area contributed by atoms with Crippen LogP contribution in [0, 0.1) is 13.8 Å². The normalized spacial score (nSPS) is 10.8. The quantitative estimate of drug-likeness (QED) is 0.562. The van der Waals surface area contributed by atoms with Gasteiger partial charge >= 0.3 is 11.9 Å². The summed E-state index contributed by atoms with van der Waals surface area (Å²) >= 11 is 1.52. The first-order valence-corrected chi connectivity index (χ1v) is 9.42. The maximum atomic E-state index is 13.3. The molecule has 152 valence electrons. The standard InChI is InChI=1S/C19H19N3O6S/c1-10-5-6-14(29-10)13-7-12(17-11(2)21-28-18(17)20-13)19(25)22(8-15(23)26-3)9-16(24)27-4/h5-7H,8-9H2,1-4H3. The second-order valence-electron chi connectivity index (χ2n) is 6.23. The number of fused-ring (bicyclic) bond motifs is 1. The first-order chi connectivity index (χ1) is 13.8. The second kappa shape index (κ2) is 8.39. The summed E-state index contributed by atoms with van der Waals surface area (Å²) in [7, 11) is 2.41. The van der Waals surface area contributed by atoms with Gasteiger partial charge in [0.2, 0.25) is 0 Å². The van der Waals surface area contributed by atoms with E-state index in [0.29, 0.717) is 16.8 Å². The van der Waals surface area contributed by atoms with Crippen LogP contribution in [-0.2, 0) is 19.1 Å². The van der Waals surface area contributed by atoms with Crippen LogP contribution >= 0.6 is 11.3 Å². The van der Waals surface area contributed by atoms with E-state index in [1.165, 1.54) is 25.6 Å². The molecule has 0 N–H and O–H groups in total. The van der Waals surface area contributed by atoms with Gasteiger partial charge in [0.1, 0.15) is 13.1 Å². The molecule has 10 heteroatoms. The molecule has 3 heterocycles. The van der Waals surface area contributed by atoms with Crippen LogP contribution in [0.1, 0.15) is 20.9 Å². The topological polar surface area (TPSA) is 112 Å². The van der Waals surface area contributed by atoms with Crippen LogP contribution in [0.4, 0.5) is 0 Å². The molecule has 0 aliphatic rings. The Balaban J connectivity index is 2.11. The molecule has 29 heavy (non-hydrogen) atoms. The Morgan fingerprint density at radius 3 is 2.31 bits per heavy atom. The number of aromatic nitrogens is 2. The number of nitrogens with zero attached hydrogens (tertiary/aromatic N) is 3. The van der Waals surface area contributed by atoms with Crippen LogP contribution < -0.4 is 0 Å². The lowest BCUT2D eigenvalue weighted by atomic mass is 10.1. The number of ether oxygens (including phenoxy) is 2. The molecule has 0 bridgehead atoms. The number of hydrogen-bond donors (Lipinski definition) is 0. The van der Waals surface area contributed by atoms with E-state index in [1.807, 2.05) is 19.1 Å². The van der Waals surface area contributed by atoms with Gasteiger partial charge < -0.3 is 18.9 Å². The zero-order chi connectivity index (χ0) is 21.1.